The molecule has 150 valence electrons. The molecular formula is C19H19ClF3N3OS. The molecule has 3 rings (SSSR count). The van der Waals surface area contributed by atoms with E-state index in [2.05, 4.69) is 4.98 Å². The van der Waals surface area contributed by atoms with Crippen LogP contribution in [0.5, 0.6) is 0 Å². The molecule has 2 aromatic carbocycles. The Labute approximate surface area is 171 Å². The van der Waals surface area contributed by atoms with E-state index >= 15 is 0 Å². The molecule has 0 atom stereocenters. The minimum absolute atomic E-state index is 0. The normalized spacial score (nSPS) is 10.9. The Balaban J connectivity index is 0.00000280. The third-order valence-electron chi connectivity index (χ3n) is 3.96. The van der Waals surface area contributed by atoms with Gasteiger partial charge in [-0.25, -0.2) is 18.2 Å². The largest absolute Gasteiger partial charge is 0.309 e. The van der Waals surface area contributed by atoms with E-state index in [-0.39, 0.29) is 18.0 Å². The molecule has 0 radical (unpaired) electrons. The fourth-order valence-electron chi connectivity index (χ4n) is 2.64. The van der Waals surface area contributed by atoms with Gasteiger partial charge in [0.1, 0.15) is 17.5 Å². The highest BCUT2D eigenvalue weighted by molar-refractivity contribution is 7.22. The van der Waals surface area contributed by atoms with Crippen molar-refractivity contribution < 1.29 is 18.0 Å². The molecule has 0 saturated carbocycles. The number of thiazole rings is 1. The molecule has 0 fully saturated rings. The van der Waals surface area contributed by atoms with Crippen LogP contribution in [0, 0.1) is 17.5 Å². The van der Waals surface area contributed by atoms with Gasteiger partial charge in [-0.1, -0.05) is 11.3 Å². The van der Waals surface area contributed by atoms with Gasteiger partial charge in [0, 0.05) is 12.6 Å². The SMILES string of the molecule is CN(C)CCCN(C(=O)c1ccc(F)cc1F)c1nc2ccc(F)cc2s1.Cl. The van der Waals surface area contributed by atoms with E-state index in [9.17, 15) is 18.0 Å². The molecule has 0 saturated heterocycles. The predicted molar refractivity (Wildman–Crippen MR) is 108 cm³/mol. The molecule has 0 aliphatic rings. The van der Waals surface area contributed by atoms with Crippen molar-refractivity contribution in [2.24, 2.45) is 0 Å². The van der Waals surface area contributed by atoms with E-state index in [1.807, 2.05) is 19.0 Å². The number of rotatable bonds is 6. The zero-order chi connectivity index (χ0) is 19.6. The van der Waals surface area contributed by atoms with Gasteiger partial charge in [-0.05, 0) is 57.4 Å². The van der Waals surface area contributed by atoms with Crippen molar-refractivity contribution in [2.45, 2.75) is 6.42 Å². The van der Waals surface area contributed by atoms with Crippen LogP contribution in [-0.2, 0) is 0 Å². The van der Waals surface area contributed by atoms with Gasteiger partial charge in [0.05, 0.1) is 15.8 Å². The lowest BCUT2D eigenvalue weighted by molar-refractivity contribution is 0.0982. The van der Waals surface area contributed by atoms with E-state index in [0.717, 1.165) is 30.0 Å². The molecule has 9 heteroatoms. The van der Waals surface area contributed by atoms with Gasteiger partial charge in [-0.3, -0.25) is 9.69 Å². The molecule has 0 spiro atoms. The van der Waals surface area contributed by atoms with Crippen molar-refractivity contribution in [3.8, 4) is 0 Å². The molecule has 1 amide bonds. The average molecular weight is 430 g/mol. The number of anilines is 1. The maximum Gasteiger partial charge on any atom is 0.263 e. The Morgan fingerprint density at radius 2 is 1.71 bits per heavy atom. The second-order valence-electron chi connectivity index (χ2n) is 6.35. The van der Waals surface area contributed by atoms with Crippen LogP contribution in [0.2, 0.25) is 0 Å². The van der Waals surface area contributed by atoms with Crippen LogP contribution < -0.4 is 4.90 Å². The predicted octanol–water partition coefficient (Wildman–Crippen LogP) is 4.73. The summed E-state index contributed by atoms with van der Waals surface area (Å²) in [5, 5.41) is 0.350. The molecule has 1 aromatic heterocycles. The van der Waals surface area contributed by atoms with Crippen LogP contribution in [0.3, 0.4) is 0 Å². The highest BCUT2D eigenvalue weighted by Crippen LogP contribution is 2.30. The lowest BCUT2D eigenvalue weighted by atomic mass is 10.2. The van der Waals surface area contributed by atoms with Crippen molar-refractivity contribution in [2.75, 3.05) is 32.1 Å². The van der Waals surface area contributed by atoms with Gasteiger partial charge < -0.3 is 4.90 Å². The maximum absolute atomic E-state index is 14.1. The number of carbonyl (C=O) groups excluding carboxylic acids is 1. The minimum Gasteiger partial charge on any atom is -0.309 e. The van der Waals surface area contributed by atoms with E-state index < -0.39 is 23.4 Å². The Hall–Kier alpha value is -2.16. The molecule has 0 bridgehead atoms. The van der Waals surface area contributed by atoms with Gasteiger partial charge in [0.2, 0.25) is 0 Å². The summed E-state index contributed by atoms with van der Waals surface area (Å²) in [4.78, 5) is 20.7. The molecular weight excluding hydrogens is 411 g/mol. The first kappa shape index (κ1) is 22.1. The van der Waals surface area contributed by atoms with Gasteiger partial charge >= 0.3 is 0 Å². The number of fused-ring (bicyclic) bond motifs is 1. The van der Waals surface area contributed by atoms with Crippen molar-refractivity contribution in [1.82, 2.24) is 9.88 Å². The van der Waals surface area contributed by atoms with Crippen LogP contribution in [0.4, 0.5) is 18.3 Å². The molecule has 0 unspecified atom stereocenters. The fraction of sp³-hybridized carbons (Fsp3) is 0.263. The summed E-state index contributed by atoms with van der Waals surface area (Å²) in [6, 6.07) is 7.02. The summed E-state index contributed by atoms with van der Waals surface area (Å²) in [6.07, 6.45) is 0.631. The number of carbonyl (C=O) groups is 1. The molecule has 3 aromatic rings. The van der Waals surface area contributed by atoms with E-state index in [0.29, 0.717) is 34.4 Å². The lowest BCUT2D eigenvalue weighted by Crippen LogP contribution is -2.34. The van der Waals surface area contributed by atoms with E-state index in [1.54, 1.807) is 0 Å². The zero-order valence-corrected chi connectivity index (χ0v) is 16.9. The topological polar surface area (TPSA) is 36.4 Å². The summed E-state index contributed by atoms with van der Waals surface area (Å²) in [5.74, 6) is -2.68. The summed E-state index contributed by atoms with van der Waals surface area (Å²) in [6.45, 7) is 1.02. The number of halogens is 4. The molecule has 28 heavy (non-hydrogen) atoms. The second kappa shape index (κ2) is 9.36. The number of nitrogens with zero attached hydrogens (tertiary/aromatic N) is 3. The van der Waals surface area contributed by atoms with Gasteiger partial charge in [0.15, 0.2) is 5.13 Å². The Morgan fingerprint density at radius 1 is 1.04 bits per heavy atom. The van der Waals surface area contributed by atoms with Crippen molar-refractivity contribution >= 4 is 45.0 Å². The molecule has 0 N–H and O–H groups in total. The Morgan fingerprint density at radius 3 is 2.39 bits per heavy atom. The van der Waals surface area contributed by atoms with Crippen LogP contribution in [0.15, 0.2) is 36.4 Å². The summed E-state index contributed by atoms with van der Waals surface area (Å²) in [7, 11) is 3.82. The smallest absolute Gasteiger partial charge is 0.263 e. The van der Waals surface area contributed by atoms with Crippen LogP contribution in [0.25, 0.3) is 10.2 Å². The first-order valence-electron chi connectivity index (χ1n) is 8.33. The van der Waals surface area contributed by atoms with Crippen molar-refractivity contribution in [1.29, 1.82) is 0 Å². The number of hydrogen-bond acceptors (Lipinski definition) is 4. The second-order valence-corrected chi connectivity index (χ2v) is 7.36. The van der Waals surface area contributed by atoms with Gasteiger partial charge in [0.25, 0.3) is 5.91 Å². The first-order valence-corrected chi connectivity index (χ1v) is 9.14. The Bertz CT molecular complexity index is 980. The average Bonchev–Trinajstić information content (AvgIpc) is 3.00. The fourth-order valence-corrected chi connectivity index (χ4v) is 3.65. The lowest BCUT2D eigenvalue weighted by Gasteiger charge is -2.21. The summed E-state index contributed by atoms with van der Waals surface area (Å²) < 4.78 is 41.4. The maximum atomic E-state index is 14.1. The first-order chi connectivity index (χ1) is 12.8. The molecule has 0 aliphatic heterocycles. The monoisotopic (exact) mass is 429 g/mol. The van der Waals surface area contributed by atoms with Crippen LogP contribution in [-0.4, -0.2) is 43.0 Å². The van der Waals surface area contributed by atoms with Crippen LogP contribution >= 0.6 is 23.7 Å². The van der Waals surface area contributed by atoms with Crippen LogP contribution in [0.1, 0.15) is 16.8 Å². The standard InChI is InChI=1S/C19H18F3N3OS.ClH/c1-24(2)8-3-9-25(18(26)14-6-4-12(20)10-15(14)22)19-23-16-7-5-13(21)11-17(16)27-19;/h4-7,10-11H,3,8-9H2,1-2H3;1H. The number of amides is 1. The summed E-state index contributed by atoms with van der Waals surface area (Å²) in [5.41, 5.74) is 0.327. The van der Waals surface area contributed by atoms with Gasteiger partial charge in [-0.2, -0.15) is 0 Å². The zero-order valence-electron chi connectivity index (χ0n) is 15.3. The quantitative estimate of drug-likeness (QED) is 0.568. The number of benzene rings is 2. The van der Waals surface area contributed by atoms with E-state index in [4.69, 9.17) is 0 Å². The highest BCUT2D eigenvalue weighted by atomic mass is 35.5. The van der Waals surface area contributed by atoms with Crippen molar-refractivity contribution in [3.63, 3.8) is 0 Å². The summed E-state index contributed by atoms with van der Waals surface area (Å²) >= 11 is 1.15. The number of hydrogen-bond donors (Lipinski definition) is 0. The molecule has 1 heterocycles. The third-order valence-corrected chi connectivity index (χ3v) is 5.00. The number of aromatic nitrogens is 1. The Kier molecular flexibility index (Phi) is 7.40. The molecule has 4 nitrogen and oxygen atoms in total. The third kappa shape index (κ3) is 5.01. The van der Waals surface area contributed by atoms with Gasteiger partial charge in [-0.15, -0.1) is 12.4 Å². The van der Waals surface area contributed by atoms with E-state index in [1.165, 1.54) is 23.1 Å². The highest BCUT2D eigenvalue weighted by Gasteiger charge is 2.24. The molecule has 0 aliphatic carbocycles. The minimum atomic E-state index is -0.926. The van der Waals surface area contributed by atoms with Crippen molar-refractivity contribution in [3.05, 3.63) is 59.4 Å².